The molecule has 1 rings (SSSR count). The maximum absolute atomic E-state index is 6.02. The molecule has 0 aromatic heterocycles. The van der Waals surface area contributed by atoms with Crippen LogP contribution in [0, 0.1) is 0 Å². The molecule has 0 amide bonds. The van der Waals surface area contributed by atoms with E-state index in [0.717, 1.165) is 6.42 Å². The van der Waals surface area contributed by atoms with Crippen LogP contribution in [0.2, 0.25) is 0 Å². The molecule has 0 saturated heterocycles. The van der Waals surface area contributed by atoms with Crippen LogP contribution < -0.4 is 5.73 Å². The molecule has 0 heterocycles. The molecule has 0 spiro atoms. The van der Waals surface area contributed by atoms with Gasteiger partial charge in [0.25, 0.3) is 0 Å². The average molecular weight is 219 g/mol. The topological polar surface area (TPSA) is 26.0 Å². The highest BCUT2D eigenvalue weighted by molar-refractivity contribution is 5.26. The van der Waals surface area contributed by atoms with E-state index in [9.17, 15) is 0 Å². The fraction of sp³-hybridized carbons (Fsp3) is 0.600. The van der Waals surface area contributed by atoms with Gasteiger partial charge in [0, 0.05) is 5.54 Å². The molecule has 1 aromatic carbocycles. The van der Waals surface area contributed by atoms with E-state index in [0.29, 0.717) is 5.92 Å². The third-order valence-electron chi connectivity index (χ3n) is 3.10. The lowest BCUT2D eigenvalue weighted by atomic mass is 9.91. The Bertz CT molecular complexity index is 301. The van der Waals surface area contributed by atoms with Crippen molar-refractivity contribution in [3.63, 3.8) is 0 Å². The largest absolute Gasteiger partial charge is 0.325 e. The molecule has 2 N–H and O–H groups in total. The van der Waals surface area contributed by atoms with Gasteiger partial charge in [-0.1, -0.05) is 38.1 Å². The molecule has 0 unspecified atom stereocenters. The number of benzene rings is 1. The summed E-state index contributed by atoms with van der Waals surface area (Å²) in [5, 5.41) is 0. The maximum Gasteiger partial charge on any atom is 0.0138 e. The smallest absolute Gasteiger partial charge is 0.0138 e. The van der Waals surface area contributed by atoms with Gasteiger partial charge in [-0.3, -0.25) is 0 Å². The van der Waals surface area contributed by atoms with Crippen LogP contribution in [0.3, 0.4) is 0 Å². The summed E-state index contributed by atoms with van der Waals surface area (Å²) in [4.78, 5) is 0. The van der Waals surface area contributed by atoms with E-state index < -0.39 is 0 Å². The van der Waals surface area contributed by atoms with Gasteiger partial charge in [0.1, 0.15) is 0 Å². The molecule has 0 radical (unpaired) electrons. The summed E-state index contributed by atoms with van der Waals surface area (Å²) < 4.78 is 0. The monoisotopic (exact) mass is 219 g/mol. The van der Waals surface area contributed by atoms with E-state index >= 15 is 0 Å². The number of hydrogen-bond donors (Lipinski definition) is 1. The lowest BCUT2D eigenvalue weighted by molar-refractivity contribution is 0.516. The zero-order chi connectivity index (χ0) is 12.2. The van der Waals surface area contributed by atoms with Gasteiger partial charge in [0.2, 0.25) is 0 Å². The Hall–Kier alpha value is -0.820. The second-order valence-corrected chi connectivity index (χ2v) is 5.42. The van der Waals surface area contributed by atoms with E-state index in [2.05, 4.69) is 52.0 Å². The van der Waals surface area contributed by atoms with Crippen LogP contribution in [0.15, 0.2) is 24.3 Å². The second-order valence-electron chi connectivity index (χ2n) is 5.42. The third-order valence-corrected chi connectivity index (χ3v) is 3.10. The van der Waals surface area contributed by atoms with Crippen LogP contribution >= 0.6 is 0 Å². The number of rotatable bonds is 5. The SMILES string of the molecule is CCC(CC)c1ccc(CC(C)(C)N)cc1. The van der Waals surface area contributed by atoms with Crippen molar-refractivity contribution < 1.29 is 0 Å². The van der Waals surface area contributed by atoms with Crippen molar-refractivity contribution in [1.82, 2.24) is 0 Å². The number of nitrogens with two attached hydrogens (primary N) is 1. The predicted octanol–water partition coefficient (Wildman–Crippen LogP) is 3.87. The van der Waals surface area contributed by atoms with E-state index in [-0.39, 0.29) is 5.54 Å². The van der Waals surface area contributed by atoms with Crippen molar-refractivity contribution in [3.8, 4) is 0 Å². The maximum atomic E-state index is 6.02. The summed E-state index contributed by atoms with van der Waals surface area (Å²) in [6.45, 7) is 8.65. The van der Waals surface area contributed by atoms with E-state index in [4.69, 9.17) is 5.73 Å². The summed E-state index contributed by atoms with van der Waals surface area (Å²) in [7, 11) is 0. The summed E-state index contributed by atoms with van der Waals surface area (Å²) in [5.74, 6) is 0.708. The normalized spacial score (nSPS) is 12.1. The first-order chi connectivity index (χ1) is 7.46. The lowest BCUT2D eigenvalue weighted by Gasteiger charge is -2.19. The average Bonchev–Trinajstić information content (AvgIpc) is 2.20. The van der Waals surface area contributed by atoms with E-state index in [1.54, 1.807) is 0 Å². The molecule has 1 aromatic rings. The van der Waals surface area contributed by atoms with Crippen LogP contribution in [0.4, 0.5) is 0 Å². The highest BCUT2D eigenvalue weighted by Gasteiger charge is 2.12. The summed E-state index contributed by atoms with van der Waals surface area (Å²) >= 11 is 0. The molecular weight excluding hydrogens is 194 g/mol. The molecule has 0 atom stereocenters. The zero-order valence-electron chi connectivity index (χ0n) is 11.1. The van der Waals surface area contributed by atoms with Gasteiger partial charge >= 0.3 is 0 Å². The predicted molar refractivity (Wildman–Crippen MR) is 71.7 cm³/mol. The Morgan fingerprint density at radius 3 is 1.94 bits per heavy atom. The highest BCUT2D eigenvalue weighted by Crippen LogP contribution is 2.23. The van der Waals surface area contributed by atoms with Gasteiger partial charge in [0.05, 0.1) is 0 Å². The molecule has 0 saturated carbocycles. The van der Waals surface area contributed by atoms with Gasteiger partial charge in [-0.25, -0.2) is 0 Å². The number of hydrogen-bond acceptors (Lipinski definition) is 1. The summed E-state index contributed by atoms with van der Waals surface area (Å²) in [6.07, 6.45) is 3.38. The van der Waals surface area contributed by atoms with Crippen molar-refractivity contribution in [3.05, 3.63) is 35.4 Å². The van der Waals surface area contributed by atoms with Crippen molar-refractivity contribution in [2.75, 3.05) is 0 Å². The minimum Gasteiger partial charge on any atom is -0.325 e. The molecule has 0 aliphatic rings. The first kappa shape index (κ1) is 13.2. The lowest BCUT2D eigenvalue weighted by Crippen LogP contribution is -2.34. The van der Waals surface area contributed by atoms with Gasteiger partial charge in [0.15, 0.2) is 0 Å². The van der Waals surface area contributed by atoms with Gasteiger partial charge in [-0.05, 0) is 50.2 Å². The summed E-state index contributed by atoms with van der Waals surface area (Å²) in [6, 6.07) is 8.97. The first-order valence-corrected chi connectivity index (χ1v) is 6.34. The van der Waals surface area contributed by atoms with Crippen LogP contribution in [0.25, 0.3) is 0 Å². The Balaban J connectivity index is 2.75. The zero-order valence-corrected chi connectivity index (χ0v) is 11.1. The molecule has 0 fully saturated rings. The molecule has 16 heavy (non-hydrogen) atoms. The minimum absolute atomic E-state index is 0.115. The van der Waals surface area contributed by atoms with E-state index in [1.807, 2.05) is 0 Å². The van der Waals surface area contributed by atoms with Crippen molar-refractivity contribution in [2.45, 2.75) is 58.4 Å². The van der Waals surface area contributed by atoms with Crippen LogP contribution in [0.5, 0.6) is 0 Å². The van der Waals surface area contributed by atoms with Crippen LogP contribution in [-0.2, 0) is 6.42 Å². The summed E-state index contributed by atoms with van der Waals surface area (Å²) in [5.41, 5.74) is 8.70. The second kappa shape index (κ2) is 5.49. The molecule has 1 nitrogen and oxygen atoms in total. The van der Waals surface area contributed by atoms with Crippen molar-refractivity contribution >= 4 is 0 Å². The van der Waals surface area contributed by atoms with Crippen LogP contribution in [-0.4, -0.2) is 5.54 Å². The molecular formula is C15H25N. The fourth-order valence-electron chi connectivity index (χ4n) is 2.19. The van der Waals surface area contributed by atoms with Gasteiger partial charge < -0.3 is 5.73 Å². The Labute approximate surface area is 100 Å². The molecule has 0 aliphatic carbocycles. The van der Waals surface area contributed by atoms with Gasteiger partial charge in [-0.2, -0.15) is 0 Å². The van der Waals surface area contributed by atoms with Crippen molar-refractivity contribution in [1.29, 1.82) is 0 Å². The Morgan fingerprint density at radius 2 is 1.56 bits per heavy atom. The molecule has 90 valence electrons. The minimum atomic E-state index is -0.115. The first-order valence-electron chi connectivity index (χ1n) is 6.34. The van der Waals surface area contributed by atoms with E-state index in [1.165, 1.54) is 24.0 Å². The molecule has 1 heteroatoms. The van der Waals surface area contributed by atoms with Crippen LogP contribution in [0.1, 0.15) is 57.6 Å². The quantitative estimate of drug-likeness (QED) is 0.799. The Kier molecular flexibility index (Phi) is 4.55. The standard InChI is InChI=1S/C15H25N/c1-5-13(6-2)14-9-7-12(8-10-14)11-15(3,4)16/h7-10,13H,5-6,11,16H2,1-4H3. The molecule has 0 bridgehead atoms. The fourth-order valence-corrected chi connectivity index (χ4v) is 2.19. The highest BCUT2D eigenvalue weighted by atomic mass is 14.7. The molecule has 0 aliphatic heterocycles. The van der Waals surface area contributed by atoms with Gasteiger partial charge in [-0.15, -0.1) is 0 Å². The van der Waals surface area contributed by atoms with Crippen molar-refractivity contribution in [2.24, 2.45) is 5.73 Å². The third kappa shape index (κ3) is 3.97. The Morgan fingerprint density at radius 1 is 1.06 bits per heavy atom.